The van der Waals surface area contributed by atoms with E-state index in [0.29, 0.717) is 6.04 Å². The van der Waals surface area contributed by atoms with Gasteiger partial charge in [0.1, 0.15) is 0 Å². The molecule has 1 fully saturated rings. The summed E-state index contributed by atoms with van der Waals surface area (Å²) < 4.78 is 7.94. The fraction of sp³-hybridized carbons (Fsp3) is 0.471. The summed E-state index contributed by atoms with van der Waals surface area (Å²) in [6, 6.07) is 7.01. The maximum atomic E-state index is 5.65. The predicted octanol–water partition coefficient (Wildman–Crippen LogP) is 3.26. The van der Waals surface area contributed by atoms with Crippen LogP contribution in [0.1, 0.15) is 30.9 Å². The highest BCUT2D eigenvalue weighted by Crippen LogP contribution is 2.35. The number of benzene rings is 1. The maximum Gasteiger partial charge on any atom is 0.0954 e. The highest BCUT2D eigenvalue weighted by atomic mass is 16.5. The van der Waals surface area contributed by atoms with Crippen molar-refractivity contribution < 1.29 is 4.74 Å². The van der Waals surface area contributed by atoms with Gasteiger partial charge in [-0.3, -0.25) is 0 Å². The quantitative estimate of drug-likeness (QED) is 0.919. The summed E-state index contributed by atoms with van der Waals surface area (Å²) in [5.41, 5.74) is 5.20. The van der Waals surface area contributed by atoms with Crippen LogP contribution in [0.4, 0.5) is 5.69 Å². The van der Waals surface area contributed by atoms with E-state index in [1.165, 1.54) is 35.3 Å². The molecule has 1 saturated heterocycles. The van der Waals surface area contributed by atoms with Gasteiger partial charge in [-0.1, -0.05) is 18.2 Å². The van der Waals surface area contributed by atoms with E-state index in [4.69, 9.17) is 4.74 Å². The molecule has 21 heavy (non-hydrogen) atoms. The molecule has 1 N–H and O–H groups in total. The molecule has 0 spiro atoms. The third-order valence-electron chi connectivity index (χ3n) is 4.55. The molecule has 0 amide bonds. The number of aryl methyl sites for hydroxylation is 1. The first-order chi connectivity index (χ1) is 10.4. The Morgan fingerprint density at radius 2 is 2.29 bits per heavy atom. The maximum absolute atomic E-state index is 5.65. The number of anilines is 1. The van der Waals surface area contributed by atoms with Crippen LogP contribution in [0.15, 0.2) is 30.7 Å². The second-order valence-corrected chi connectivity index (χ2v) is 5.93. The first-order valence-electron chi connectivity index (χ1n) is 7.89. The van der Waals surface area contributed by atoms with Crippen molar-refractivity contribution in [3.8, 4) is 11.3 Å². The van der Waals surface area contributed by atoms with Gasteiger partial charge in [0.15, 0.2) is 0 Å². The number of nitrogens with zero attached hydrogens (tertiary/aromatic N) is 2. The van der Waals surface area contributed by atoms with Crippen molar-refractivity contribution >= 4 is 5.69 Å². The number of ether oxygens (including phenoxy) is 1. The summed E-state index contributed by atoms with van der Waals surface area (Å²) in [4.78, 5) is 4.40. The minimum atomic E-state index is 0.413. The molecule has 4 heteroatoms. The van der Waals surface area contributed by atoms with E-state index < -0.39 is 0 Å². The highest BCUT2D eigenvalue weighted by molar-refractivity contribution is 5.79. The summed E-state index contributed by atoms with van der Waals surface area (Å²) in [5.74, 6) is 0. The summed E-state index contributed by atoms with van der Waals surface area (Å²) >= 11 is 0. The van der Waals surface area contributed by atoms with Crippen LogP contribution in [0.2, 0.25) is 0 Å². The Bertz CT molecular complexity index is 629. The normalized spacial score (nSPS) is 21.6. The Labute approximate surface area is 125 Å². The number of hydrogen-bond donors (Lipinski definition) is 1. The molecule has 1 unspecified atom stereocenters. The van der Waals surface area contributed by atoms with Crippen LogP contribution in [-0.4, -0.2) is 29.3 Å². The Morgan fingerprint density at radius 3 is 3.19 bits per heavy atom. The van der Waals surface area contributed by atoms with E-state index in [2.05, 4.69) is 33.1 Å². The lowest BCUT2D eigenvalue weighted by atomic mass is 9.97. The molecule has 4 nitrogen and oxygen atoms in total. The molecule has 2 aliphatic heterocycles. The number of para-hydroxylation sites is 1. The molecule has 0 bridgehead atoms. The van der Waals surface area contributed by atoms with Crippen molar-refractivity contribution in [3.63, 3.8) is 0 Å². The number of nitrogens with one attached hydrogen (secondary N) is 1. The second kappa shape index (κ2) is 5.53. The van der Waals surface area contributed by atoms with Crippen LogP contribution in [-0.2, 0) is 11.2 Å². The zero-order valence-corrected chi connectivity index (χ0v) is 12.2. The average Bonchev–Trinajstić information content (AvgIpc) is 3.04. The lowest BCUT2D eigenvalue weighted by Crippen LogP contribution is -2.21. The largest absolute Gasteiger partial charge is 0.384 e. The molecule has 3 heterocycles. The number of rotatable bonds is 2. The van der Waals surface area contributed by atoms with Gasteiger partial charge < -0.3 is 14.6 Å². The third kappa shape index (κ3) is 2.33. The molecule has 110 valence electrons. The van der Waals surface area contributed by atoms with Crippen molar-refractivity contribution in [2.45, 2.75) is 31.7 Å². The molecule has 1 atom stereocenters. The van der Waals surface area contributed by atoms with Crippen molar-refractivity contribution in [1.29, 1.82) is 0 Å². The van der Waals surface area contributed by atoms with Gasteiger partial charge in [-0.2, -0.15) is 0 Å². The summed E-state index contributed by atoms with van der Waals surface area (Å²) in [6.45, 7) is 2.75. The molecule has 0 radical (unpaired) electrons. The van der Waals surface area contributed by atoms with E-state index >= 15 is 0 Å². The summed E-state index contributed by atoms with van der Waals surface area (Å²) in [6.07, 6.45) is 8.62. The van der Waals surface area contributed by atoms with Gasteiger partial charge in [0.2, 0.25) is 0 Å². The van der Waals surface area contributed by atoms with Crippen LogP contribution in [0.5, 0.6) is 0 Å². The fourth-order valence-electron chi connectivity index (χ4n) is 3.47. The molecule has 2 aromatic rings. The van der Waals surface area contributed by atoms with Crippen molar-refractivity contribution in [2.75, 3.05) is 25.1 Å². The molecule has 0 saturated carbocycles. The zero-order chi connectivity index (χ0) is 14.1. The lowest BCUT2D eigenvalue weighted by molar-refractivity contribution is 0.0596. The smallest absolute Gasteiger partial charge is 0.0954 e. The Kier molecular flexibility index (Phi) is 3.39. The number of aromatic nitrogens is 2. The number of fused-ring (bicyclic) bond motifs is 1. The van der Waals surface area contributed by atoms with Gasteiger partial charge in [0, 0.05) is 24.4 Å². The number of hydrogen-bond acceptors (Lipinski definition) is 3. The molecule has 1 aromatic heterocycles. The van der Waals surface area contributed by atoms with Gasteiger partial charge in [-0.25, -0.2) is 4.98 Å². The van der Waals surface area contributed by atoms with E-state index in [1.807, 2.05) is 12.5 Å². The first kappa shape index (κ1) is 12.9. The second-order valence-electron chi connectivity index (χ2n) is 5.93. The molecule has 2 aliphatic rings. The molecular formula is C17H21N3O. The van der Waals surface area contributed by atoms with Gasteiger partial charge in [0.05, 0.1) is 30.9 Å². The molecule has 4 rings (SSSR count). The highest BCUT2D eigenvalue weighted by Gasteiger charge is 2.21. The van der Waals surface area contributed by atoms with E-state index in [0.717, 1.165) is 32.6 Å². The minimum Gasteiger partial charge on any atom is -0.384 e. The summed E-state index contributed by atoms with van der Waals surface area (Å²) in [5, 5.41) is 3.58. The average molecular weight is 283 g/mol. The van der Waals surface area contributed by atoms with E-state index in [1.54, 1.807) is 0 Å². The first-order valence-corrected chi connectivity index (χ1v) is 7.89. The van der Waals surface area contributed by atoms with E-state index in [-0.39, 0.29) is 0 Å². The Hall–Kier alpha value is -1.81. The van der Waals surface area contributed by atoms with Crippen molar-refractivity contribution in [2.24, 2.45) is 0 Å². The fourth-order valence-corrected chi connectivity index (χ4v) is 3.47. The SMILES string of the molecule is c1cc2c(c(-c3cncn3C3CCCOC3)c1)NCCC2. The van der Waals surface area contributed by atoms with Crippen molar-refractivity contribution in [3.05, 3.63) is 36.3 Å². The van der Waals surface area contributed by atoms with Gasteiger partial charge in [0.25, 0.3) is 0 Å². The van der Waals surface area contributed by atoms with Crippen LogP contribution < -0.4 is 5.32 Å². The van der Waals surface area contributed by atoms with Crippen LogP contribution in [0, 0.1) is 0 Å². The van der Waals surface area contributed by atoms with Gasteiger partial charge in [-0.05, 0) is 31.2 Å². The number of imidazole rings is 1. The Balaban J connectivity index is 1.76. The van der Waals surface area contributed by atoms with Crippen molar-refractivity contribution in [1.82, 2.24) is 9.55 Å². The lowest BCUT2D eigenvalue weighted by Gasteiger charge is -2.27. The van der Waals surface area contributed by atoms with Gasteiger partial charge >= 0.3 is 0 Å². The standard InChI is InChI=1S/C17H21N3O/c1-4-13-5-2-8-19-17(13)15(7-1)16-10-18-12-20(16)14-6-3-9-21-11-14/h1,4,7,10,12,14,19H,2-3,5-6,8-9,11H2. The summed E-state index contributed by atoms with van der Waals surface area (Å²) in [7, 11) is 0. The van der Waals surface area contributed by atoms with Crippen LogP contribution in [0.3, 0.4) is 0 Å². The topological polar surface area (TPSA) is 39.1 Å². The molecular weight excluding hydrogens is 262 g/mol. The molecule has 0 aliphatic carbocycles. The van der Waals surface area contributed by atoms with Crippen LogP contribution >= 0.6 is 0 Å². The minimum absolute atomic E-state index is 0.413. The zero-order valence-electron chi connectivity index (χ0n) is 12.2. The Morgan fingerprint density at radius 1 is 1.29 bits per heavy atom. The van der Waals surface area contributed by atoms with Gasteiger partial charge in [-0.15, -0.1) is 0 Å². The third-order valence-corrected chi connectivity index (χ3v) is 4.55. The van der Waals surface area contributed by atoms with Crippen LogP contribution in [0.25, 0.3) is 11.3 Å². The van der Waals surface area contributed by atoms with E-state index in [9.17, 15) is 0 Å². The molecule has 1 aromatic carbocycles. The monoisotopic (exact) mass is 283 g/mol. The predicted molar refractivity (Wildman–Crippen MR) is 83.6 cm³/mol.